The van der Waals surface area contributed by atoms with Crippen LogP contribution >= 0.6 is 25.0 Å². The molecule has 0 aliphatic heterocycles. The van der Waals surface area contributed by atoms with E-state index in [1.807, 2.05) is 0 Å². The topological polar surface area (TPSA) is 42.4 Å². The molecule has 0 aliphatic carbocycles. The van der Waals surface area contributed by atoms with Crippen molar-refractivity contribution in [2.24, 2.45) is 0 Å². The standard InChI is InChI=1S/C9H11NO2S.ClH/c1-3-6-4-10-9(12-2)8(11)7(6)5-13;/h3-4,11,13H,1,5H2,2H3;1H. The second-order valence-electron chi connectivity index (χ2n) is 2.41. The molecule has 0 amide bonds. The van der Waals surface area contributed by atoms with E-state index in [4.69, 9.17) is 4.74 Å². The molecule has 0 unspecified atom stereocenters. The Morgan fingerprint density at radius 2 is 2.36 bits per heavy atom. The summed E-state index contributed by atoms with van der Waals surface area (Å²) < 4.78 is 4.86. The van der Waals surface area contributed by atoms with Crippen molar-refractivity contribution in [1.29, 1.82) is 0 Å². The molecule has 14 heavy (non-hydrogen) atoms. The van der Waals surface area contributed by atoms with Crippen LogP contribution in [0.5, 0.6) is 11.6 Å². The highest BCUT2D eigenvalue weighted by molar-refractivity contribution is 7.79. The summed E-state index contributed by atoms with van der Waals surface area (Å²) in [6, 6.07) is 0. The third-order valence-electron chi connectivity index (χ3n) is 1.73. The van der Waals surface area contributed by atoms with Crippen LogP contribution < -0.4 is 4.74 Å². The minimum absolute atomic E-state index is 0. The fourth-order valence-corrected chi connectivity index (χ4v) is 1.36. The lowest BCUT2D eigenvalue weighted by Crippen LogP contribution is -1.94. The van der Waals surface area contributed by atoms with E-state index in [2.05, 4.69) is 24.2 Å². The molecule has 0 aromatic carbocycles. The molecule has 0 spiro atoms. The van der Waals surface area contributed by atoms with Crippen molar-refractivity contribution in [2.45, 2.75) is 5.75 Å². The van der Waals surface area contributed by atoms with E-state index in [0.717, 1.165) is 5.56 Å². The second kappa shape index (κ2) is 5.78. The zero-order chi connectivity index (χ0) is 9.84. The van der Waals surface area contributed by atoms with Crippen LogP contribution in [-0.2, 0) is 5.75 Å². The van der Waals surface area contributed by atoms with Crippen LogP contribution in [0.1, 0.15) is 11.1 Å². The average Bonchev–Trinajstić information content (AvgIpc) is 2.17. The van der Waals surface area contributed by atoms with Crippen LogP contribution in [-0.4, -0.2) is 17.2 Å². The minimum Gasteiger partial charge on any atom is -0.503 e. The number of halogens is 1. The monoisotopic (exact) mass is 233 g/mol. The molecule has 0 saturated carbocycles. The van der Waals surface area contributed by atoms with Crippen LogP contribution in [0.3, 0.4) is 0 Å². The van der Waals surface area contributed by atoms with E-state index in [0.29, 0.717) is 11.3 Å². The van der Waals surface area contributed by atoms with E-state index in [-0.39, 0.29) is 24.0 Å². The summed E-state index contributed by atoms with van der Waals surface area (Å²) in [6.07, 6.45) is 3.22. The van der Waals surface area contributed by atoms with Crippen molar-refractivity contribution in [3.05, 3.63) is 23.9 Å². The second-order valence-corrected chi connectivity index (χ2v) is 2.73. The van der Waals surface area contributed by atoms with Crippen LogP contribution in [0.4, 0.5) is 0 Å². The molecule has 0 fully saturated rings. The number of rotatable bonds is 3. The molecule has 1 aromatic heterocycles. The lowest BCUT2D eigenvalue weighted by atomic mass is 10.1. The van der Waals surface area contributed by atoms with Gasteiger partial charge in [-0.25, -0.2) is 4.98 Å². The normalized spacial score (nSPS) is 9.00. The smallest absolute Gasteiger partial charge is 0.256 e. The van der Waals surface area contributed by atoms with Gasteiger partial charge in [0.2, 0.25) is 0 Å². The molecular weight excluding hydrogens is 222 g/mol. The predicted octanol–water partition coefficient (Wildman–Crippen LogP) is 2.29. The third-order valence-corrected chi connectivity index (χ3v) is 2.05. The molecule has 1 heterocycles. The highest BCUT2D eigenvalue weighted by Gasteiger charge is 2.10. The van der Waals surface area contributed by atoms with Crippen LogP contribution in [0.25, 0.3) is 6.08 Å². The minimum atomic E-state index is 0. The van der Waals surface area contributed by atoms with Crippen LogP contribution in [0.2, 0.25) is 0 Å². The first-order valence-corrected chi connectivity index (χ1v) is 4.36. The third kappa shape index (κ3) is 2.33. The number of hydrogen-bond donors (Lipinski definition) is 2. The predicted molar refractivity (Wildman–Crippen MR) is 62.5 cm³/mol. The van der Waals surface area contributed by atoms with Gasteiger partial charge in [0.05, 0.1) is 7.11 Å². The number of hydrogen-bond acceptors (Lipinski definition) is 4. The Hall–Kier alpha value is -0.870. The van der Waals surface area contributed by atoms with Gasteiger partial charge in [-0.15, -0.1) is 12.4 Å². The number of nitrogens with zero attached hydrogens (tertiary/aromatic N) is 1. The maximum Gasteiger partial charge on any atom is 0.256 e. The van der Waals surface area contributed by atoms with Gasteiger partial charge in [-0.1, -0.05) is 12.7 Å². The van der Waals surface area contributed by atoms with E-state index < -0.39 is 0 Å². The quantitative estimate of drug-likeness (QED) is 0.788. The first kappa shape index (κ1) is 13.1. The average molecular weight is 234 g/mol. The fraction of sp³-hybridized carbons (Fsp3) is 0.222. The Morgan fingerprint density at radius 3 is 2.79 bits per heavy atom. The molecule has 78 valence electrons. The maximum atomic E-state index is 9.62. The van der Waals surface area contributed by atoms with Crippen molar-refractivity contribution in [1.82, 2.24) is 4.98 Å². The molecule has 3 nitrogen and oxygen atoms in total. The number of ether oxygens (including phenoxy) is 1. The summed E-state index contributed by atoms with van der Waals surface area (Å²) in [5.74, 6) is 0.677. The SMILES string of the molecule is C=Cc1cnc(OC)c(O)c1CS.Cl. The number of thiol groups is 1. The summed E-state index contributed by atoms with van der Waals surface area (Å²) in [5.41, 5.74) is 1.46. The maximum absolute atomic E-state index is 9.62. The lowest BCUT2D eigenvalue weighted by Gasteiger charge is -2.08. The van der Waals surface area contributed by atoms with Gasteiger partial charge >= 0.3 is 0 Å². The van der Waals surface area contributed by atoms with E-state index in [9.17, 15) is 5.11 Å². The summed E-state index contributed by atoms with van der Waals surface area (Å²) in [7, 11) is 1.46. The highest BCUT2D eigenvalue weighted by Crippen LogP contribution is 2.31. The van der Waals surface area contributed by atoms with Gasteiger partial charge in [0.1, 0.15) is 0 Å². The Bertz CT molecular complexity index is 331. The van der Waals surface area contributed by atoms with E-state index in [1.165, 1.54) is 7.11 Å². The van der Waals surface area contributed by atoms with Crippen molar-refractivity contribution >= 4 is 31.1 Å². The molecule has 1 N–H and O–H groups in total. The molecule has 0 bridgehead atoms. The molecule has 0 atom stereocenters. The van der Waals surface area contributed by atoms with Crippen LogP contribution in [0, 0.1) is 0 Å². The van der Waals surface area contributed by atoms with Gasteiger partial charge in [0.25, 0.3) is 5.88 Å². The lowest BCUT2D eigenvalue weighted by molar-refractivity contribution is 0.356. The Labute approximate surface area is 94.6 Å². The first-order chi connectivity index (χ1) is 6.24. The number of aromatic nitrogens is 1. The van der Waals surface area contributed by atoms with Crippen molar-refractivity contribution in [2.75, 3.05) is 7.11 Å². The Kier molecular flexibility index (Phi) is 5.42. The van der Waals surface area contributed by atoms with Gasteiger partial charge in [-0.05, 0) is 0 Å². The Balaban J connectivity index is 0.00000169. The van der Waals surface area contributed by atoms with Crippen molar-refractivity contribution in [3.8, 4) is 11.6 Å². The first-order valence-electron chi connectivity index (χ1n) is 3.72. The number of aromatic hydroxyl groups is 1. The van der Waals surface area contributed by atoms with E-state index in [1.54, 1.807) is 12.3 Å². The van der Waals surface area contributed by atoms with Gasteiger partial charge in [0, 0.05) is 23.1 Å². The van der Waals surface area contributed by atoms with E-state index >= 15 is 0 Å². The van der Waals surface area contributed by atoms with Crippen molar-refractivity contribution in [3.63, 3.8) is 0 Å². The summed E-state index contributed by atoms with van der Waals surface area (Å²) in [6.45, 7) is 3.61. The molecule has 1 rings (SSSR count). The number of methoxy groups -OCH3 is 1. The molecule has 0 radical (unpaired) electrons. The molecule has 0 saturated heterocycles. The highest BCUT2D eigenvalue weighted by atomic mass is 35.5. The van der Waals surface area contributed by atoms with Gasteiger partial charge in [-0.2, -0.15) is 12.6 Å². The fourth-order valence-electron chi connectivity index (χ4n) is 1.02. The zero-order valence-electron chi connectivity index (χ0n) is 7.73. The molecule has 5 heteroatoms. The summed E-state index contributed by atoms with van der Waals surface area (Å²) >= 11 is 4.10. The zero-order valence-corrected chi connectivity index (χ0v) is 9.44. The summed E-state index contributed by atoms with van der Waals surface area (Å²) in [5, 5.41) is 9.62. The molecule has 1 aromatic rings. The van der Waals surface area contributed by atoms with Gasteiger partial charge < -0.3 is 9.84 Å². The van der Waals surface area contributed by atoms with Crippen LogP contribution in [0.15, 0.2) is 12.8 Å². The van der Waals surface area contributed by atoms with Crippen molar-refractivity contribution < 1.29 is 9.84 Å². The summed E-state index contributed by atoms with van der Waals surface area (Å²) in [4.78, 5) is 3.90. The molecule has 0 aliphatic rings. The number of pyridine rings is 1. The molecular formula is C9H12ClNO2S. The van der Waals surface area contributed by atoms with Gasteiger partial charge in [0.15, 0.2) is 5.75 Å². The Morgan fingerprint density at radius 1 is 1.71 bits per heavy atom. The van der Waals surface area contributed by atoms with Gasteiger partial charge in [-0.3, -0.25) is 0 Å². The largest absolute Gasteiger partial charge is 0.503 e.